The molecule has 0 aromatic carbocycles. The van der Waals surface area contributed by atoms with E-state index in [4.69, 9.17) is 11.6 Å². The maximum Gasteiger partial charge on any atom is 0.163 e. The highest BCUT2D eigenvalue weighted by Crippen LogP contribution is 2.02. The zero-order valence-corrected chi connectivity index (χ0v) is 6.36. The molecule has 0 aliphatic rings. The number of aromatic nitrogens is 4. The highest BCUT2D eigenvalue weighted by molar-refractivity contribution is 6.16. The zero-order chi connectivity index (χ0) is 7.68. The average molecular weight is 169 g/mol. The van der Waals surface area contributed by atoms with Crippen molar-refractivity contribution in [1.29, 1.82) is 0 Å². The van der Waals surface area contributed by atoms with Crippen LogP contribution in [-0.2, 0) is 5.88 Å². The second kappa shape index (κ2) is 2.47. The molecule has 0 atom stereocenters. The molecule has 2 rings (SSSR count). The fourth-order valence-electron chi connectivity index (χ4n) is 0.883. The second-order valence-corrected chi connectivity index (χ2v) is 2.33. The third kappa shape index (κ3) is 0.952. The third-order valence-electron chi connectivity index (χ3n) is 1.40. The van der Waals surface area contributed by atoms with Crippen LogP contribution >= 0.6 is 11.6 Å². The Bertz CT molecular complexity index is 369. The van der Waals surface area contributed by atoms with Crippen molar-refractivity contribution in [2.75, 3.05) is 0 Å². The monoisotopic (exact) mass is 168 g/mol. The molecule has 0 amide bonds. The van der Waals surface area contributed by atoms with Crippen molar-refractivity contribution in [3.05, 3.63) is 24.4 Å². The van der Waals surface area contributed by atoms with Crippen LogP contribution in [0.25, 0.3) is 5.65 Å². The van der Waals surface area contributed by atoms with Gasteiger partial charge in [0.1, 0.15) is 6.33 Å². The Morgan fingerprint density at radius 3 is 3.18 bits per heavy atom. The molecule has 56 valence electrons. The molecular formula is C6H5ClN4. The van der Waals surface area contributed by atoms with Gasteiger partial charge in [0, 0.05) is 12.3 Å². The van der Waals surface area contributed by atoms with Gasteiger partial charge in [0.2, 0.25) is 0 Å². The van der Waals surface area contributed by atoms with Gasteiger partial charge in [-0.15, -0.1) is 21.8 Å². The summed E-state index contributed by atoms with van der Waals surface area (Å²) in [7, 11) is 0. The molecule has 2 heterocycles. The van der Waals surface area contributed by atoms with Gasteiger partial charge < -0.3 is 0 Å². The first-order valence-corrected chi connectivity index (χ1v) is 3.65. The fraction of sp³-hybridized carbons (Fsp3) is 0.167. The molecule has 0 aliphatic carbocycles. The van der Waals surface area contributed by atoms with Crippen LogP contribution in [0.3, 0.4) is 0 Å². The lowest BCUT2D eigenvalue weighted by Crippen LogP contribution is -1.90. The summed E-state index contributed by atoms with van der Waals surface area (Å²) in [6, 6.07) is 1.78. The molecule has 5 heteroatoms. The molecule has 0 saturated carbocycles. The smallest absolute Gasteiger partial charge is 0.163 e. The number of fused-ring (bicyclic) bond motifs is 1. The van der Waals surface area contributed by atoms with Crippen LogP contribution in [0.4, 0.5) is 0 Å². The average Bonchev–Trinajstić information content (AvgIpc) is 2.47. The van der Waals surface area contributed by atoms with E-state index in [9.17, 15) is 0 Å². The Labute approximate surface area is 67.8 Å². The van der Waals surface area contributed by atoms with Crippen LogP contribution in [0.5, 0.6) is 0 Å². The van der Waals surface area contributed by atoms with Crippen molar-refractivity contribution >= 4 is 17.2 Å². The molecule has 11 heavy (non-hydrogen) atoms. The van der Waals surface area contributed by atoms with Crippen molar-refractivity contribution in [1.82, 2.24) is 19.6 Å². The summed E-state index contributed by atoms with van der Waals surface area (Å²) in [6.45, 7) is 0. The summed E-state index contributed by atoms with van der Waals surface area (Å²) < 4.78 is 1.76. The topological polar surface area (TPSA) is 43.1 Å². The maximum absolute atomic E-state index is 5.60. The van der Waals surface area contributed by atoms with E-state index in [1.54, 1.807) is 23.0 Å². The summed E-state index contributed by atoms with van der Waals surface area (Å²) in [5.41, 5.74) is 0.774. The van der Waals surface area contributed by atoms with Gasteiger partial charge in [0.05, 0.1) is 5.88 Å². The van der Waals surface area contributed by atoms with Crippen molar-refractivity contribution in [2.24, 2.45) is 0 Å². The molecule has 0 radical (unpaired) electrons. The normalized spacial score (nSPS) is 10.6. The standard InChI is InChI=1S/C6H5ClN4/c7-3-6-10-9-5-1-2-8-4-11(5)6/h1-2,4H,3H2. The second-order valence-electron chi connectivity index (χ2n) is 2.06. The lowest BCUT2D eigenvalue weighted by atomic mass is 10.6. The summed E-state index contributed by atoms with van der Waals surface area (Å²) in [5.74, 6) is 1.07. The van der Waals surface area contributed by atoms with Gasteiger partial charge in [0.15, 0.2) is 11.5 Å². The van der Waals surface area contributed by atoms with Gasteiger partial charge in [-0.25, -0.2) is 4.98 Å². The molecule has 0 aliphatic heterocycles. The lowest BCUT2D eigenvalue weighted by molar-refractivity contribution is 0.965. The Kier molecular flexibility index (Phi) is 1.47. The van der Waals surface area contributed by atoms with Crippen molar-refractivity contribution in [2.45, 2.75) is 5.88 Å². The van der Waals surface area contributed by atoms with E-state index in [2.05, 4.69) is 15.2 Å². The summed E-state index contributed by atoms with van der Waals surface area (Å²) in [6.07, 6.45) is 3.31. The molecular weight excluding hydrogens is 164 g/mol. The fourth-order valence-corrected chi connectivity index (χ4v) is 1.07. The molecule has 0 unspecified atom stereocenters. The summed E-state index contributed by atoms with van der Waals surface area (Å²) >= 11 is 5.60. The van der Waals surface area contributed by atoms with Crippen molar-refractivity contribution < 1.29 is 0 Å². The Morgan fingerprint density at radius 1 is 1.45 bits per heavy atom. The van der Waals surface area contributed by atoms with Crippen LogP contribution in [0.1, 0.15) is 5.82 Å². The molecule has 4 nitrogen and oxygen atoms in total. The zero-order valence-electron chi connectivity index (χ0n) is 5.61. The van der Waals surface area contributed by atoms with Crippen LogP contribution in [-0.4, -0.2) is 19.6 Å². The first-order valence-electron chi connectivity index (χ1n) is 3.11. The molecule has 2 aromatic heterocycles. The van der Waals surface area contributed by atoms with Crippen molar-refractivity contribution in [3.8, 4) is 0 Å². The number of nitrogens with zero attached hydrogens (tertiary/aromatic N) is 4. The SMILES string of the molecule is ClCc1nnc2ccncn12. The lowest BCUT2D eigenvalue weighted by Gasteiger charge is -1.90. The van der Waals surface area contributed by atoms with E-state index in [0.29, 0.717) is 5.88 Å². The predicted octanol–water partition coefficient (Wildman–Crippen LogP) is 0.863. The molecule has 0 N–H and O–H groups in total. The third-order valence-corrected chi connectivity index (χ3v) is 1.64. The van der Waals surface area contributed by atoms with Gasteiger partial charge in [-0.2, -0.15) is 0 Å². The first-order chi connectivity index (χ1) is 5.42. The number of halogens is 1. The van der Waals surface area contributed by atoms with Crippen LogP contribution < -0.4 is 0 Å². The minimum atomic E-state index is 0.354. The van der Waals surface area contributed by atoms with E-state index >= 15 is 0 Å². The van der Waals surface area contributed by atoms with Crippen molar-refractivity contribution in [3.63, 3.8) is 0 Å². The van der Waals surface area contributed by atoms with E-state index in [0.717, 1.165) is 11.5 Å². The van der Waals surface area contributed by atoms with Crippen LogP contribution in [0.2, 0.25) is 0 Å². The summed E-state index contributed by atoms with van der Waals surface area (Å²) in [4.78, 5) is 3.92. The first kappa shape index (κ1) is 6.54. The largest absolute Gasteiger partial charge is 0.268 e. The van der Waals surface area contributed by atoms with Gasteiger partial charge in [-0.05, 0) is 0 Å². The Hall–Kier alpha value is -1.16. The van der Waals surface area contributed by atoms with Gasteiger partial charge >= 0.3 is 0 Å². The molecule has 0 bridgehead atoms. The molecule has 0 spiro atoms. The predicted molar refractivity (Wildman–Crippen MR) is 40.3 cm³/mol. The maximum atomic E-state index is 5.60. The minimum Gasteiger partial charge on any atom is -0.268 e. The van der Waals surface area contributed by atoms with Gasteiger partial charge in [-0.1, -0.05) is 0 Å². The number of hydrogen-bond donors (Lipinski definition) is 0. The molecule has 2 aromatic rings. The van der Waals surface area contributed by atoms with E-state index in [1.165, 1.54) is 0 Å². The van der Waals surface area contributed by atoms with Crippen LogP contribution in [0, 0.1) is 0 Å². The summed E-state index contributed by atoms with van der Waals surface area (Å²) in [5, 5.41) is 7.73. The number of rotatable bonds is 1. The number of hydrogen-bond acceptors (Lipinski definition) is 3. The molecule has 0 saturated heterocycles. The minimum absolute atomic E-state index is 0.354. The van der Waals surface area contributed by atoms with Gasteiger partial charge in [0.25, 0.3) is 0 Å². The van der Waals surface area contributed by atoms with Gasteiger partial charge in [-0.3, -0.25) is 4.40 Å². The van der Waals surface area contributed by atoms with E-state index in [-0.39, 0.29) is 0 Å². The highest BCUT2D eigenvalue weighted by atomic mass is 35.5. The van der Waals surface area contributed by atoms with E-state index < -0.39 is 0 Å². The quantitative estimate of drug-likeness (QED) is 0.594. The highest BCUT2D eigenvalue weighted by Gasteiger charge is 2.00. The molecule has 0 fully saturated rings. The van der Waals surface area contributed by atoms with Crippen LogP contribution in [0.15, 0.2) is 18.6 Å². The Balaban J connectivity index is 2.76. The van der Waals surface area contributed by atoms with E-state index in [1.807, 2.05) is 0 Å². The Morgan fingerprint density at radius 2 is 2.36 bits per heavy atom. The number of alkyl halides is 1.